The molecule has 7 heteroatoms. The Morgan fingerprint density at radius 1 is 1.17 bits per heavy atom. The van der Waals surface area contributed by atoms with Crippen molar-refractivity contribution in [1.29, 1.82) is 0 Å². The molecule has 1 aromatic carbocycles. The van der Waals surface area contributed by atoms with Crippen molar-refractivity contribution < 1.29 is 9.59 Å². The minimum Gasteiger partial charge on any atom is -0.358 e. The van der Waals surface area contributed by atoms with Gasteiger partial charge in [0, 0.05) is 18.8 Å². The van der Waals surface area contributed by atoms with Gasteiger partial charge in [0.2, 0.25) is 5.91 Å². The van der Waals surface area contributed by atoms with Crippen LogP contribution in [0.4, 0.5) is 10.5 Å². The fourth-order valence-corrected chi connectivity index (χ4v) is 3.05. The van der Waals surface area contributed by atoms with E-state index in [2.05, 4.69) is 10.6 Å². The zero-order valence-electron chi connectivity index (χ0n) is 13.9. The van der Waals surface area contributed by atoms with Crippen molar-refractivity contribution in [3.8, 4) is 0 Å². The molecule has 23 heavy (non-hydrogen) atoms. The number of carbonyl (C=O) groups is 2. The minimum absolute atomic E-state index is 0.121. The van der Waals surface area contributed by atoms with E-state index in [1.807, 2.05) is 44.7 Å². The van der Waals surface area contributed by atoms with Crippen LogP contribution in [0.2, 0.25) is 0 Å². The molecule has 0 aliphatic rings. The number of carbonyl (C=O) groups excluding carboxylic acids is 2. The van der Waals surface area contributed by atoms with Crippen LogP contribution in [0, 0.1) is 13.8 Å². The largest absolute Gasteiger partial charge is 0.358 e. The number of nitrogens with one attached hydrogen (secondary N) is 2. The Hall–Kier alpha value is -1.60. The van der Waals surface area contributed by atoms with Gasteiger partial charge in [-0.05, 0) is 51.0 Å². The van der Waals surface area contributed by atoms with E-state index < -0.39 is 6.03 Å². The topological polar surface area (TPSA) is 61.4 Å². The highest BCUT2D eigenvalue weighted by Crippen LogP contribution is 2.14. The highest BCUT2D eigenvalue weighted by Gasteiger charge is 2.12. The van der Waals surface area contributed by atoms with E-state index in [-0.39, 0.29) is 11.7 Å². The second-order valence-electron chi connectivity index (χ2n) is 5.03. The number of imide groups is 1. The summed E-state index contributed by atoms with van der Waals surface area (Å²) in [4.78, 5) is 25.6. The first-order chi connectivity index (χ1) is 10.9. The van der Waals surface area contributed by atoms with E-state index in [9.17, 15) is 9.59 Å². The molecular formula is C16H23N3O2S2. The SMILES string of the molecule is CCN(CC)C(=S)SCC(=O)NC(=O)Nc1ccc(C)c(C)c1. The van der Waals surface area contributed by atoms with Crippen LogP contribution < -0.4 is 10.6 Å². The van der Waals surface area contributed by atoms with Crippen LogP contribution in [0.5, 0.6) is 0 Å². The maximum Gasteiger partial charge on any atom is 0.325 e. The van der Waals surface area contributed by atoms with Gasteiger partial charge in [-0.25, -0.2) is 4.79 Å². The first kappa shape index (κ1) is 19.4. The van der Waals surface area contributed by atoms with Crippen LogP contribution in [-0.4, -0.2) is 40.0 Å². The van der Waals surface area contributed by atoms with Gasteiger partial charge in [-0.15, -0.1) is 0 Å². The third-order valence-corrected chi connectivity index (χ3v) is 4.89. The highest BCUT2D eigenvalue weighted by atomic mass is 32.2. The van der Waals surface area contributed by atoms with Gasteiger partial charge in [0.05, 0.1) is 5.75 Å². The monoisotopic (exact) mass is 353 g/mol. The molecule has 1 aromatic rings. The zero-order chi connectivity index (χ0) is 17.4. The average Bonchev–Trinajstić information content (AvgIpc) is 2.50. The number of anilines is 1. The molecule has 126 valence electrons. The minimum atomic E-state index is -0.535. The number of urea groups is 1. The zero-order valence-corrected chi connectivity index (χ0v) is 15.6. The quantitative estimate of drug-likeness (QED) is 0.795. The lowest BCUT2D eigenvalue weighted by Gasteiger charge is -2.20. The summed E-state index contributed by atoms with van der Waals surface area (Å²) in [6, 6.07) is 5.05. The normalized spacial score (nSPS) is 10.1. The Labute approximate surface area is 147 Å². The maximum atomic E-state index is 11.8. The summed E-state index contributed by atoms with van der Waals surface area (Å²) >= 11 is 6.51. The fourth-order valence-electron chi connectivity index (χ4n) is 1.84. The van der Waals surface area contributed by atoms with Crippen molar-refractivity contribution in [2.45, 2.75) is 27.7 Å². The van der Waals surface area contributed by atoms with Crippen LogP contribution >= 0.6 is 24.0 Å². The summed E-state index contributed by atoms with van der Waals surface area (Å²) in [5.41, 5.74) is 2.88. The molecule has 0 heterocycles. The predicted molar refractivity (Wildman–Crippen MR) is 101 cm³/mol. The summed E-state index contributed by atoms with van der Waals surface area (Å²) in [5.74, 6) is -0.249. The van der Waals surface area contributed by atoms with Gasteiger partial charge in [0.25, 0.3) is 0 Å². The molecule has 3 amide bonds. The number of nitrogens with zero attached hydrogens (tertiary/aromatic N) is 1. The molecule has 1 rings (SSSR count). The lowest BCUT2D eigenvalue weighted by molar-refractivity contribution is -0.117. The molecule has 2 N–H and O–H groups in total. The van der Waals surface area contributed by atoms with Crippen molar-refractivity contribution in [2.24, 2.45) is 0 Å². The van der Waals surface area contributed by atoms with E-state index >= 15 is 0 Å². The molecule has 0 aromatic heterocycles. The van der Waals surface area contributed by atoms with Crippen molar-refractivity contribution >= 4 is 45.9 Å². The van der Waals surface area contributed by atoms with Crippen molar-refractivity contribution in [2.75, 3.05) is 24.2 Å². The Kier molecular flexibility index (Phi) is 8.05. The fraction of sp³-hybridized carbons (Fsp3) is 0.438. The predicted octanol–water partition coefficient (Wildman–Crippen LogP) is 3.31. The van der Waals surface area contributed by atoms with Gasteiger partial charge in [0.1, 0.15) is 4.32 Å². The summed E-state index contributed by atoms with van der Waals surface area (Å²) in [6.07, 6.45) is 0. The van der Waals surface area contributed by atoms with Gasteiger partial charge >= 0.3 is 6.03 Å². The molecule has 0 bridgehead atoms. The van der Waals surface area contributed by atoms with E-state index in [1.165, 1.54) is 11.8 Å². The summed E-state index contributed by atoms with van der Waals surface area (Å²) < 4.78 is 0.666. The molecule has 0 fully saturated rings. The summed E-state index contributed by atoms with van der Waals surface area (Å²) in [5, 5.41) is 4.96. The number of thioether (sulfide) groups is 1. The van der Waals surface area contributed by atoms with Gasteiger partial charge in [-0.1, -0.05) is 30.0 Å². The number of amides is 3. The second kappa shape index (κ2) is 9.52. The Morgan fingerprint density at radius 2 is 1.83 bits per heavy atom. The molecule has 0 unspecified atom stereocenters. The van der Waals surface area contributed by atoms with Crippen LogP contribution in [0.15, 0.2) is 18.2 Å². The first-order valence-electron chi connectivity index (χ1n) is 7.47. The van der Waals surface area contributed by atoms with Crippen LogP contribution in [-0.2, 0) is 4.79 Å². The molecule has 0 radical (unpaired) electrons. The molecule has 0 aliphatic heterocycles. The number of hydrogen-bond acceptors (Lipinski definition) is 4. The van der Waals surface area contributed by atoms with Crippen molar-refractivity contribution in [3.05, 3.63) is 29.3 Å². The standard InChI is InChI=1S/C16H23N3O2S2/c1-5-19(6-2)16(22)23-10-14(20)18-15(21)17-13-8-7-11(3)12(4)9-13/h7-9H,5-6,10H2,1-4H3,(H2,17,18,20,21). The molecular weight excluding hydrogens is 330 g/mol. The molecule has 0 spiro atoms. The Balaban J connectivity index is 2.43. The first-order valence-corrected chi connectivity index (χ1v) is 8.86. The number of aryl methyl sites for hydroxylation is 2. The number of thiocarbonyl (C=S) groups is 1. The second-order valence-corrected chi connectivity index (χ2v) is 6.64. The van der Waals surface area contributed by atoms with E-state index in [1.54, 1.807) is 6.07 Å². The van der Waals surface area contributed by atoms with Gasteiger partial charge < -0.3 is 10.2 Å². The van der Waals surface area contributed by atoms with E-state index in [0.29, 0.717) is 10.0 Å². The number of rotatable bonds is 5. The maximum absolute atomic E-state index is 11.8. The van der Waals surface area contributed by atoms with Crippen molar-refractivity contribution in [3.63, 3.8) is 0 Å². The molecule has 0 atom stereocenters. The summed E-state index contributed by atoms with van der Waals surface area (Å²) in [6.45, 7) is 9.59. The lowest BCUT2D eigenvalue weighted by Crippen LogP contribution is -2.36. The lowest BCUT2D eigenvalue weighted by atomic mass is 10.1. The van der Waals surface area contributed by atoms with Crippen LogP contribution in [0.25, 0.3) is 0 Å². The third kappa shape index (κ3) is 6.58. The Morgan fingerprint density at radius 3 is 2.39 bits per heavy atom. The number of hydrogen-bond donors (Lipinski definition) is 2. The van der Waals surface area contributed by atoms with Crippen molar-refractivity contribution in [1.82, 2.24) is 10.2 Å². The van der Waals surface area contributed by atoms with Gasteiger partial charge in [-0.3, -0.25) is 10.1 Å². The average molecular weight is 354 g/mol. The molecule has 0 saturated heterocycles. The highest BCUT2D eigenvalue weighted by molar-refractivity contribution is 8.23. The molecule has 0 saturated carbocycles. The van der Waals surface area contributed by atoms with E-state index in [4.69, 9.17) is 12.2 Å². The Bertz CT molecular complexity index is 587. The molecule has 0 aliphatic carbocycles. The van der Waals surface area contributed by atoms with Crippen LogP contribution in [0.1, 0.15) is 25.0 Å². The molecule has 5 nitrogen and oxygen atoms in total. The smallest absolute Gasteiger partial charge is 0.325 e. The van der Waals surface area contributed by atoms with Crippen LogP contribution in [0.3, 0.4) is 0 Å². The van der Waals surface area contributed by atoms with Gasteiger partial charge in [0.15, 0.2) is 0 Å². The van der Waals surface area contributed by atoms with E-state index in [0.717, 1.165) is 24.2 Å². The number of benzene rings is 1. The summed E-state index contributed by atoms with van der Waals surface area (Å²) in [7, 11) is 0. The van der Waals surface area contributed by atoms with Gasteiger partial charge in [-0.2, -0.15) is 0 Å². The third-order valence-electron chi connectivity index (χ3n) is 3.37.